The van der Waals surface area contributed by atoms with E-state index in [1.54, 1.807) is 0 Å². The predicted molar refractivity (Wildman–Crippen MR) is 65.3 cm³/mol. The number of H-pyrrole nitrogens is 1. The molecule has 8 heteroatoms. The van der Waals surface area contributed by atoms with E-state index in [0.717, 1.165) is 0 Å². The van der Waals surface area contributed by atoms with Crippen LogP contribution < -0.4 is 10.5 Å². The molecule has 17 heavy (non-hydrogen) atoms. The highest BCUT2D eigenvalue weighted by Gasteiger charge is 2.18. The van der Waals surface area contributed by atoms with Crippen LogP contribution in [0.3, 0.4) is 0 Å². The van der Waals surface area contributed by atoms with Gasteiger partial charge in [-0.15, -0.1) is 0 Å². The van der Waals surface area contributed by atoms with E-state index in [0.29, 0.717) is 11.4 Å². The Morgan fingerprint density at radius 2 is 2.18 bits per heavy atom. The molecule has 2 rings (SSSR count). The molecule has 1 aromatic carbocycles. The zero-order chi connectivity index (χ0) is 12.5. The van der Waals surface area contributed by atoms with Crippen LogP contribution in [0.1, 0.15) is 0 Å². The smallest absolute Gasteiger partial charge is 0.263 e. The molecule has 6 nitrogen and oxygen atoms in total. The summed E-state index contributed by atoms with van der Waals surface area (Å²) in [6.07, 6.45) is 2.76. The number of nitrogens with one attached hydrogen (secondary N) is 2. The number of nitrogen functional groups attached to an aromatic ring is 1. The molecule has 0 aliphatic rings. The van der Waals surface area contributed by atoms with Crippen LogP contribution in [0.15, 0.2) is 35.5 Å². The quantitative estimate of drug-likeness (QED) is 0.736. The van der Waals surface area contributed by atoms with Gasteiger partial charge in [-0.3, -0.25) is 9.82 Å². The van der Waals surface area contributed by atoms with Gasteiger partial charge in [0.1, 0.15) is 4.90 Å². The summed E-state index contributed by atoms with van der Waals surface area (Å²) in [5.41, 5.74) is 6.17. The fraction of sp³-hybridized carbons (Fsp3) is 0. The zero-order valence-corrected chi connectivity index (χ0v) is 10.1. The first kappa shape index (κ1) is 11.7. The highest BCUT2D eigenvalue weighted by atomic mass is 35.5. The van der Waals surface area contributed by atoms with Gasteiger partial charge in [-0.1, -0.05) is 11.6 Å². The lowest BCUT2D eigenvalue weighted by molar-refractivity contribution is 0.601. The van der Waals surface area contributed by atoms with Crippen molar-refractivity contribution < 1.29 is 8.42 Å². The first-order valence-electron chi connectivity index (χ1n) is 4.56. The molecule has 0 bridgehead atoms. The molecule has 0 atom stereocenters. The Balaban J connectivity index is 2.41. The molecule has 0 spiro atoms. The van der Waals surface area contributed by atoms with Gasteiger partial charge in [-0.2, -0.15) is 5.10 Å². The Bertz CT molecular complexity index is 624. The van der Waals surface area contributed by atoms with E-state index in [-0.39, 0.29) is 9.92 Å². The van der Waals surface area contributed by atoms with Crippen molar-refractivity contribution in [3.63, 3.8) is 0 Å². The lowest BCUT2D eigenvalue weighted by atomic mass is 10.3. The highest BCUT2D eigenvalue weighted by Crippen LogP contribution is 2.25. The van der Waals surface area contributed by atoms with Crippen molar-refractivity contribution in [2.45, 2.75) is 4.90 Å². The van der Waals surface area contributed by atoms with Crippen LogP contribution in [0.5, 0.6) is 0 Å². The summed E-state index contributed by atoms with van der Waals surface area (Å²) in [5.74, 6) is 0. The summed E-state index contributed by atoms with van der Waals surface area (Å²) >= 11 is 5.82. The Hall–Kier alpha value is -1.73. The SMILES string of the molecule is Nc1ccc(Cl)c(S(=O)(=O)Nc2cn[nH]c2)c1. The average molecular weight is 273 g/mol. The first-order valence-corrected chi connectivity index (χ1v) is 6.42. The number of benzene rings is 1. The lowest BCUT2D eigenvalue weighted by Gasteiger charge is -2.08. The van der Waals surface area contributed by atoms with Crippen molar-refractivity contribution in [3.05, 3.63) is 35.6 Å². The second kappa shape index (κ2) is 4.27. The molecule has 1 aromatic heterocycles. The minimum atomic E-state index is -3.76. The summed E-state index contributed by atoms with van der Waals surface area (Å²) in [4.78, 5) is -0.0691. The maximum atomic E-state index is 12.0. The number of hydrogen-bond acceptors (Lipinski definition) is 4. The zero-order valence-electron chi connectivity index (χ0n) is 8.51. The van der Waals surface area contributed by atoms with Crippen molar-refractivity contribution in [2.75, 3.05) is 10.5 Å². The number of nitrogens with two attached hydrogens (primary N) is 1. The van der Waals surface area contributed by atoms with Crippen LogP contribution in [-0.2, 0) is 10.0 Å². The fourth-order valence-corrected chi connectivity index (χ4v) is 2.81. The lowest BCUT2D eigenvalue weighted by Crippen LogP contribution is -2.13. The number of anilines is 2. The number of sulfonamides is 1. The second-order valence-electron chi connectivity index (χ2n) is 3.28. The van der Waals surface area contributed by atoms with Gasteiger partial charge in [0.05, 0.1) is 16.9 Å². The Kier molecular flexibility index (Phi) is 2.95. The molecule has 0 saturated carbocycles. The van der Waals surface area contributed by atoms with Crippen LogP contribution in [0, 0.1) is 0 Å². The number of halogens is 1. The van der Waals surface area contributed by atoms with Gasteiger partial charge in [0.15, 0.2) is 0 Å². The Morgan fingerprint density at radius 3 is 2.82 bits per heavy atom. The number of aromatic nitrogens is 2. The number of aromatic amines is 1. The molecule has 4 N–H and O–H groups in total. The molecule has 0 saturated heterocycles. The van der Waals surface area contributed by atoms with Gasteiger partial charge in [0.2, 0.25) is 0 Å². The second-order valence-corrected chi connectivity index (χ2v) is 5.34. The number of hydrogen-bond donors (Lipinski definition) is 3. The molecule has 0 aliphatic heterocycles. The molecule has 90 valence electrons. The van der Waals surface area contributed by atoms with E-state index >= 15 is 0 Å². The molecule has 0 unspecified atom stereocenters. The van der Waals surface area contributed by atoms with Crippen LogP contribution in [0.4, 0.5) is 11.4 Å². The van der Waals surface area contributed by atoms with Gasteiger partial charge in [-0.25, -0.2) is 8.42 Å². The Morgan fingerprint density at radius 1 is 1.41 bits per heavy atom. The predicted octanol–water partition coefficient (Wildman–Crippen LogP) is 1.45. The van der Waals surface area contributed by atoms with Crippen LogP contribution in [-0.4, -0.2) is 18.6 Å². The van der Waals surface area contributed by atoms with Gasteiger partial charge < -0.3 is 5.73 Å². The average Bonchev–Trinajstić information content (AvgIpc) is 2.73. The van der Waals surface area contributed by atoms with E-state index in [1.165, 1.54) is 30.6 Å². The van der Waals surface area contributed by atoms with Crippen molar-refractivity contribution in [1.29, 1.82) is 0 Å². The van der Waals surface area contributed by atoms with Crippen molar-refractivity contribution in [1.82, 2.24) is 10.2 Å². The summed E-state index contributed by atoms with van der Waals surface area (Å²) < 4.78 is 26.3. The van der Waals surface area contributed by atoms with E-state index in [1.807, 2.05) is 0 Å². The minimum Gasteiger partial charge on any atom is -0.399 e. The summed E-state index contributed by atoms with van der Waals surface area (Å²) in [6, 6.07) is 4.25. The molecular formula is C9H9ClN4O2S. The van der Waals surface area contributed by atoms with Crippen molar-refractivity contribution in [3.8, 4) is 0 Å². The number of rotatable bonds is 3. The van der Waals surface area contributed by atoms with Gasteiger partial charge in [0, 0.05) is 11.9 Å². The molecule has 0 aliphatic carbocycles. The van der Waals surface area contributed by atoms with Crippen LogP contribution >= 0.6 is 11.6 Å². The molecule has 2 aromatic rings. The van der Waals surface area contributed by atoms with Gasteiger partial charge in [0.25, 0.3) is 10.0 Å². The molecule has 0 radical (unpaired) electrons. The van der Waals surface area contributed by atoms with Gasteiger partial charge >= 0.3 is 0 Å². The van der Waals surface area contributed by atoms with Crippen molar-refractivity contribution >= 4 is 33.0 Å². The largest absolute Gasteiger partial charge is 0.399 e. The monoisotopic (exact) mass is 272 g/mol. The van der Waals surface area contributed by atoms with E-state index < -0.39 is 10.0 Å². The maximum absolute atomic E-state index is 12.0. The maximum Gasteiger partial charge on any atom is 0.263 e. The minimum absolute atomic E-state index is 0.0691. The summed E-state index contributed by atoms with van der Waals surface area (Å²) in [5, 5.41) is 6.23. The highest BCUT2D eigenvalue weighted by molar-refractivity contribution is 7.92. The molecule has 0 fully saturated rings. The first-order chi connectivity index (χ1) is 7.99. The molecule has 1 heterocycles. The Labute approximate surface area is 103 Å². The summed E-state index contributed by atoms with van der Waals surface area (Å²) in [6.45, 7) is 0. The van der Waals surface area contributed by atoms with Gasteiger partial charge in [-0.05, 0) is 18.2 Å². The van der Waals surface area contributed by atoms with Crippen LogP contribution in [0.25, 0.3) is 0 Å². The summed E-state index contributed by atoms with van der Waals surface area (Å²) in [7, 11) is -3.76. The fourth-order valence-electron chi connectivity index (χ4n) is 1.24. The van der Waals surface area contributed by atoms with E-state index in [4.69, 9.17) is 17.3 Å². The van der Waals surface area contributed by atoms with Crippen molar-refractivity contribution in [2.24, 2.45) is 0 Å². The third kappa shape index (κ3) is 2.51. The van der Waals surface area contributed by atoms with Crippen LogP contribution in [0.2, 0.25) is 5.02 Å². The normalized spacial score (nSPS) is 11.4. The topological polar surface area (TPSA) is 101 Å². The molecule has 0 amide bonds. The third-order valence-electron chi connectivity index (χ3n) is 2.00. The van der Waals surface area contributed by atoms with E-state index in [9.17, 15) is 8.42 Å². The van der Waals surface area contributed by atoms with E-state index in [2.05, 4.69) is 14.9 Å². The number of nitrogens with zero attached hydrogens (tertiary/aromatic N) is 1. The third-order valence-corrected chi connectivity index (χ3v) is 3.86. The standard InChI is InChI=1S/C9H9ClN4O2S/c10-8-2-1-6(11)3-9(8)17(15,16)14-7-4-12-13-5-7/h1-5,14H,11H2,(H,12,13). The molecular weight excluding hydrogens is 264 g/mol.